The van der Waals surface area contributed by atoms with E-state index in [4.69, 9.17) is 11.6 Å². The summed E-state index contributed by atoms with van der Waals surface area (Å²) in [7, 11) is 1.69. The molecule has 2 N–H and O–H groups in total. The van der Waals surface area contributed by atoms with Gasteiger partial charge in [-0.15, -0.1) is 11.3 Å². The van der Waals surface area contributed by atoms with Crippen LogP contribution < -0.4 is 10.2 Å². The van der Waals surface area contributed by atoms with E-state index in [9.17, 15) is 19.5 Å². The first kappa shape index (κ1) is 21.7. The van der Waals surface area contributed by atoms with E-state index in [0.717, 1.165) is 28.2 Å². The number of fused-ring (bicyclic) bond motifs is 4. The second-order valence-electron chi connectivity index (χ2n) is 8.72. The Morgan fingerprint density at radius 1 is 1.21 bits per heavy atom. The Kier molecular flexibility index (Phi) is 4.88. The van der Waals surface area contributed by atoms with E-state index < -0.39 is 11.4 Å². The van der Waals surface area contributed by atoms with Crippen LogP contribution in [0, 0.1) is 0 Å². The summed E-state index contributed by atoms with van der Waals surface area (Å²) in [6.45, 7) is 4.13. The predicted octanol–water partition coefficient (Wildman–Crippen LogP) is 5.49. The first-order valence-electron chi connectivity index (χ1n) is 10.5. The number of hydrogen-bond acceptors (Lipinski definition) is 4. The summed E-state index contributed by atoms with van der Waals surface area (Å²) in [4.78, 5) is 41.3. The summed E-state index contributed by atoms with van der Waals surface area (Å²) in [6.07, 6.45) is -0.0841. The van der Waals surface area contributed by atoms with Gasteiger partial charge in [-0.05, 0) is 29.2 Å². The molecule has 3 aromatic rings. The predicted molar refractivity (Wildman–Crippen MR) is 130 cm³/mol. The van der Waals surface area contributed by atoms with Gasteiger partial charge in [0.15, 0.2) is 0 Å². The molecule has 0 saturated carbocycles. The van der Waals surface area contributed by atoms with Crippen LogP contribution in [0.3, 0.4) is 0 Å². The van der Waals surface area contributed by atoms with Crippen molar-refractivity contribution in [2.45, 2.75) is 31.6 Å². The highest BCUT2D eigenvalue weighted by atomic mass is 35.5. The van der Waals surface area contributed by atoms with Crippen LogP contribution in [0.2, 0.25) is 5.02 Å². The van der Waals surface area contributed by atoms with Gasteiger partial charge >= 0.3 is 5.97 Å². The lowest BCUT2D eigenvalue weighted by Gasteiger charge is -2.32. The first-order valence-corrected chi connectivity index (χ1v) is 11.7. The molecule has 0 aliphatic carbocycles. The smallest absolute Gasteiger partial charge is 0.346 e. The molecular formula is C25H21ClN2O4S. The molecule has 2 amide bonds. The summed E-state index contributed by atoms with van der Waals surface area (Å²) >= 11 is 7.47. The maximum absolute atomic E-state index is 13.8. The number of carboxylic acids is 1. The van der Waals surface area contributed by atoms with Crippen LogP contribution in [-0.2, 0) is 15.0 Å². The lowest BCUT2D eigenvalue weighted by atomic mass is 9.73. The molecule has 168 valence electrons. The molecule has 2 aliphatic rings. The minimum absolute atomic E-state index is 0.0404. The highest BCUT2D eigenvalue weighted by Crippen LogP contribution is 2.58. The number of nitrogens with one attached hydrogen (secondary N) is 1. The Morgan fingerprint density at radius 3 is 2.61 bits per heavy atom. The van der Waals surface area contributed by atoms with E-state index in [1.807, 2.05) is 18.2 Å². The quantitative estimate of drug-likeness (QED) is 0.518. The van der Waals surface area contributed by atoms with Gasteiger partial charge in [0.2, 0.25) is 11.8 Å². The lowest BCUT2D eigenvalue weighted by Crippen LogP contribution is -2.45. The lowest BCUT2D eigenvalue weighted by molar-refractivity contribution is -0.126. The van der Waals surface area contributed by atoms with Gasteiger partial charge in [0.05, 0.1) is 17.0 Å². The number of amides is 2. The number of hydrogen-bond donors (Lipinski definition) is 2. The zero-order valence-corrected chi connectivity index (χ0v) is 19.8. The number of carbonyl (C=O) groups excluding carboxylic acids is 2. The number of halogens is 1. The van der Waals surface area contributed by atoms with Crippen LogP contribution in [0.5, 0.6) is 0 Å². The molecule has 2 aliphatic heterocycles. The summed E-state index contributed by atoms with van der Waals surface area (Å²) in [5.41, 5.74) is 2.43. The molecule has 0 bridgehead atoms. The van der Waals surface area contributed by atoms with E-state index in [1.54, 1.807) is 36.2 Å². The van der Waals surface area contributed by atoms with Gasteiger partial charge in [0, 0.05) is 28.9 Å². The van der Waals surface area contributed by atoms with E-state index in [2.05, 4.69) is 19.2 Å². The zero-order chi connectivity index (χ0) is 23.7. The van der Waals surface area contributed by atoms with Crippen molar-refractivity contribution in [2.24, 2.45) is 0 Å². The van der Waals surface area contributed by atoms with E-state index >= 15 is 0 Å². The fourth-order valence-corrected chi connectivity index (χ4v) is 6.41. The second kappa shape index (κ2) is 7.43. The summed E-state index contributed by atoms with van der Waals surface area (Å²) in [5, 5.41) is 13.3. The summed E-state index contributed by atoms with van der Waals surface area (Å²) in [5.74, 6) is -1.49. The van der Waals surface area contributed by atoms with Crippen molar-refractivity contribution in [1.82, 2.24) is 0 Å². The molecule has 2 aromatic carbocycles. The van der Waals surface area contributed by atoms with Gasteiger partial charge in [0.25, 0.3) is 0 Å². The number of carbonyl (C=O) groups is 3. The highest BCUT2D eigenvalue weighted by molar-refractivity contribution is 7.15. The molecule has 0 fully saturated rings. The van der Waals surface area contributed by atoms with Crippen molar-refractivity contribution < 1.29 is 19.5 Å². The molecule has 3 heterocycles. The van der Waals surface area contributed by atoms with Crippen molar-refractivity contribution in [3.8, 4) is 11.1 Å². The van der Waals surface area contributed by atoms with E-state index in [1.165, 1.54) is 0 Å². The molecule has 1 spiro atoms. The molecule has 0 unspecified atom stereocenters. The fourth-order valence-electron chi connectivity index (χ4n) is 4.88. The van der Waals surface area contributed by atoms with Gasteiger partial charge in [-0.1, -0.05) is 55.8 Å². The number of aromatic carboxylic acids is 1. The first-order chi connectivity index (χ1) is 15.7. The monoisotopic (exact) mass is 480 g/mol. The average molecular weight is 481 g/mol. The third kappa shape index (κ3) is 2.96. The van der Waals surface area contributed by atoms with Crippen LogP contribution >= 0.6 is 22.9 Å². The van der Waals surface area contributed by atoms with Crippen molar-refractivity contribution in [3.05, 3.63) is 68.4 Å². The van der Waals surface area contributed by atoms with Gasteiger partial charge < -0.3 is 15.3 Å². The Bertz CT molecular complexity index is 1360. The molecule has 0 radical (unpaired) electrons. The third-order valence-electron chi connectivity index (χ3n) is 6.50. The second-order valence-corrected chi connectivity index (χ2v) is 10.1. The molecule has 1 atom stereocenters. The van der Waals surface area contributed by atoms with E-state index in [0.29, 0.717) is 26.7 Å². The topological polar surface area (TPSA) is 86.7 Å². The fraction of sp³-hybridized carbons (Fsp3) is 0.240. The number of rotatable bonds is 3. The minimum atomic E-state index is -1.28. The Labute approximate surface area is 199 Å². The van der Waals surface area contributed by atoms with Crippen LogP contribution in [0.25, 0.3) is 11.1 Å². The number of benzene rings is 2. The van der Waals surface area contributed by atoms with Crippen LogP contribution in [-0.4, -0.2) is 29.9 Å². The average Bonchev–Trinajstić information content (AvgIpc) is 3.25. The molecule has 6 nitrogen and oxygen atoms in total. The van der Waals surface area contributed by atoms with Crippen LogP contribution in [0.1, 0.15) is 51.9 Å². The van der Waals surface area contributed by atoms with Crippen LogP contribution in [0.15, 0.2) is 42.5 Å². The molecule has 33 heavy (non-hydrogen) atoms. The summed E-state index contributed by atoms with van der Waals surface area (Å²) < 4.78 is 0. The summed E-state index contributed by atoms with van der Waals surface area (Å²) in [6, 6.07) is 12.8. The largest absolute Gasteiger partial charge is 0.477 e. The van der Waals surface area contributed by atoms with Gasteiger partial charge in [-0.25, -0.2) is 4.79 Å². The highest BCUT2D eigenvalue weighted by Gasteiger charge is 2.57. The minimum Gasteiger partial charge on any atom is -0.477 e. The number of nitrogens with zero attached hydrogens (tertiary/aromatic N) is 1. The molecule has 1 aromatic heterocycles. The molecule has 0 saturated heterocycles. The van der Waals surface area contributed by atoms with Crippen molar-refractivity contribution in [2.75, 3.05) is 17.3 Å². The van der Waals surface area contributed by atoms with Crippen molar-refractivity contribution >= 4 is 52.1 Å². The Balaban J connectivity index is 1.87. The van der Waals surface area contributed by atoms with E-state index in [-0.39, 0.29) is 29.0 Å². The third-order valence-corrected chi connectivity index (χ3v) is 8.17. The van der Waals surface area contributed by atoms with Gasteiger partial charge in [-0.2, -0.15) is 0 Å². The van der Waals surface area contributed by atoms with Crippen molar-refractivity contribution in [3.63, 3.8) is 0 Å². The molecule has 8 heteroatoms. The van der Waals surface area contributed by atoms with Crippen molar-refractivity contribution in [1.29, 1.82) is 0 Å². The van der Waals surface area contributed by atoms with Gasteiger partial charge in [0.1, 0.15) is 10.3 Å². The zero-order valence-electron chi connectivity index (χ0n) is 18.2. The SMILES string of the molecule is CC(C)c1ccc2c(c1)[C@@]1(CC(=O)Nc3c1sc(C(=O)O)c3-c1ccccc1Cl)C(=O)N2C. The number of likely N-dealkylation sites (N-methyl/N-ethyl adjacent to an activating group) is 1. The Hall–Kier alpha value is -3.16. The maximum Gasteiger partial charge on any atom is 0.346 e. The maximum atomic E-state index is 13.8. The Morgan fingerprint density at radius 2 is 1.94 bits per heavy atom. The normalized spacial score (nSPS) is 19.1. The number of thiophene rings is 1. The standard InChI is InChI=1S/C25H21ClN2O4S/c1-12(2)13-8-9-17-15(10-13)25(24(32)28(17)3)11-18(29)27-20-19(14-6-4-5-7-16(14)26)21(23(30)31)33-22(20)25/h4-10,12H,11H2,1-3H3,(H,27,29)(H,30,31)/t25-/m1/s1. The molecule has 5 rings (SSSR count). The number of carboxylic acid groups (broad SMARTS) is 1. The number of anilines is 2. The molecular weight excluding hydrogens is 460 g/mol. The van der Waals surface area contributed by atoms with Crippen LogP contribution in [0.4, 0.5) is 11.4 Å². The van der Waals surface area contributed by atoms with Gasteiger partial charge in [-0.3, -0.25) is 9.59 Å².